The van der Waals surface area contributed by atoms with Crippen LogP contribution in [0.3, 0.4) is 0 Å². The van der Waals surface area contributed by atoms with Gasteiger partial charge in [-0.1, -0.05) is 13.8 Å². The molecule has 0 radical (unpaired) electrons. The molecule has 0 aliphatic heterocycles. The molecule has 0 fully saturated rings. The third-order valence-electron chi connectivity index (χ3n) is 2.14. The van der Waals surface area contributed by atoms with Crippen LogP contribution in [0.2, 0.25) is 0 Å². The van der Waals surface area contributed by atoms with Crippen LogP contribution in [0.4, 0.5) is 0 Å². The molecule has 16 heavy (non-hydrogen) atoms. The number of nitrogens with one attached hydrogen (secondary N) is 1. The van der Waals surface area contributed by atoms with E-state index >= 15 is 0 Å². The summed E-state index contributed by atoms with van der Waals surface area (Å²) in [6, 6.07) is 3.55. The first-order chi connectivity index (χ1) is 7.57. The highest BCUT2D eigenvalue weighted by Crippen LogP contribution is 2.12. The van der Waals surface area contributed by atoms with Crippen molar-refractivity contribution >= 4 is 9.84 Å². The lowest BCUT2D eigenvalue weighted by atomic mass is 10.4. The molecule has 0 saturated carbocycles. The van der Waals surface area contributed by atoms with Crippen LogP contribution in [0.5, 0.6) is 0 Å². The molecule has 92 valence electrons. The number of rotatable bonds is 7. The normalized spacial score (nSPS) is 11.9. The minimum Gasteiger partial charge on any atom is -0.464 e. The van der Waals surface area contributed by atoms with E-state index in [4.69, 9.17) is 4.42 Å². The van der Waals surface area contributed by atoms with E-state index in [0.717, 1.165) is 12.3 Å². The van der Waals surface area contributed by atoms with Crippen LogP contribution < -0.4 is 5.32 Å². The lowest BCUT2D eigenvalue weighted by Gasteiger charge is -2.00. The largest absolute Gasteiger partial charge is 0.464 e. The first kappa shape index (κ1) is 13.3. The number of furan rings is 1. The predicted octanol–water partition coefficient (Wildman–Crippen LogP) is 1.71. The molecule has 1 N–H and O–H groups in total. The van der Waals surface area contributed by atoms with E-state index in [-0.39, 0.29) is 11.5 Å². The molecule has 0 saturated heterocycles. The fourth-order valence-corrected chi connectivity index (χ4v) is 2.80. The summed E-state index contributed by atoms with van der Waals surface area (Å²) in [5.74, 6) is 1.54. The Morgan fingerprint density at radius 2 is 1.94 bits per heavy atom. The Labute approximate surface area is 97.0 Å². The van der Waals surface area contributed by atoms with E-state index in [1.165, 1.54) is 0 Å². The summed E-state index contributed by atoms with van der Waals surface area (Å²) in [6.45, 7) is 5.38. The molecular weight excluding hydrogens is 226 g/mol. The van der Waals surface area contributed by atoms with Crippen LogP contribution in [-0.4, -0.2) is 20.7 Å². The second-order valence-electron chi connectivity index (χ2n) is 3.74. The highest BCUT2D eigenvalue weighted by molar-refractivity contribution is 7.90. The quantitative estimate of drug-likeness (QED) is 0.794. The molecule has 0 bridgehead atoms. The maximum atomic E-state index is 11.5. The minimum absolute atomic E-state index is 0.00691. The lowest BCUT2D eigenvalue weighted by Crippen LogP contribution is -2.11. The van der Waals surface area contributed by atoms with E-state index in [2.05, 4.69) is 5.32 Å². The van der Waals surface area contributed by atoms with Crippen LogP contribution in [0.15, 0.2) is 16.5 Å². The van der Waals surface area contributed by atoms with Gasteiger partial charge in [-0.25, -0.2) is 8.42 Å². The SMILES string of the molecule is CCCS(=O)(=O)Cc1ccc(CNCC)o1. The van der Waals surface area contributed by atoms with Gasteiger partial charge >= 0.3 is 0 Å². The predicted molar refractivity (Wildman–Crippen MR) is 63.9 cm³/mol. The molecule has 1 rings (SSSR count). The first-order valence-corrected chi connectivity index (χ1v) is 7.38. The molecule has 1 aromatic rings. The van der Waals surface area contributed by atoms with Gasteiger partial charge < -0.3 is 9.73 Å². The Hall–Kier alpha value is -0.810. The molecule has 1 aromatic heterocycles. The fraction of sp³-hybridized carbons (Fsp3) is 0.636. The van der Waals surface area contributed by atoms with E-state index in [1.807, 2.05) is 19.9 Å². The third-order valence-corrected chi connectivity index (χ3v) is 3.90. The summed E-state index contributed by atoms with van der Waals surface area (Å²) in [7, 11) is -3.01. The standard InChI is InChI=1S/C11H19NO3S/c1-3-7-16(13,14)9-11-6-5-10(15-11)8-12-4-2/h5-6,12H,3-4,7-9H2,1-2H3. The van der Waals surface area contributed by atoms with Crippen LogP contribution in [0.1, 0.15) is 31.8 Å². The third kappa shape index (κ3) is 4.37. The van der Waals surface area contributed by atoms with Crippen LogP contribution >= 0.6 is 0 Å². The molecule has 0 atom stereocenters. The van der Waals surface area contributed by atoms with Crippen molar-refractivity contribution in [2.75, 3.05) is 12.3 Å². The van der Waals surface area contributed by atoms with Gasteiger partial charge in [0, 0.05) is 0 Å². The van der Waals surface area contributed by atoms with Gasteiger partial charge in [0.2, 0.25) is 0 Å². The lowest BCUT2D eigenvalue weighted by molar-refractivity contribution is 0.459. The second-order valence-corrected chi connectivity index (χ2v) is 5.92. The zero-order valence-corrected chi connectivity index (χ0v) is 10.6. The van der Waals surface area contributed by atoms with Crippen LogP contribution in [0.25, 0.3) is 0 Å². The molecule has 0 unspecified atom stereocenters. The summed E-state index contributed by atoms with van der Waals surface area (Å²) in [4.78, 5) is 0. The molecule has 5 heteroatoms. The maximum Gasteiger partial charge on any atom is 0.157 e. The van der Waals surface area contributed by atoms with E-state index in [0.29, 0.717) is 18.7 Å². The maximum absolute atomic E-state index is 11.5. The van der Waals surface area contributed by atoms with E-state index < -0.39 is 9.84 Å². The van der Waals surface area contributed by atoms with Crippen LogP contribution in [-0.2, 0) is 22.1 Å². The van der Waals surface area contributed by atoms with Gasteiger partial charge in [-0.2, -0.15) is 0 Å². The van der Waals surface area contributed by atoms with Crippen molar-refractivity contribution in [1.29, 1.82) is 0 Å². The Kier molecular flexibility index (Phi) is 5.02. The molecular formula is C11H19NO3S. The van der Waals surface area contributed by atoms with Gasteiger partial charge in [0.15, 0.2) is 9.84 Å². The van der Waals surface area contributed by atoms with Gasteiger partial charge in [0.05, 0.1) is 12.3 Å². The van der Waals surface area contributed by atoms with Crippen molar-refractivity contribution in [1.82, 2.24) is 5.32 Å². The second kappa shape index (κ2) is 6.06. The number of hydrogen-bond donors (Lipinski definition) is 1. The Balaban J connectivity index is 2.58. The van der Waals surface area contributed by atoms with Crippen molar-refractivity contribution < 1.29 is 12.8 Å². The van der Waals surface area contributed by atoms with Crippen molar-refractivity contribution in [2.24, 2.45) is 0 Å². The summed E-state index contributed by atoms with van der Waals surface area (Å²) in [5.41, 5.74) is 0. The van der Waals surface area contributed by atoms with Gasteiger partial charge in [-0.05, 0) is 25.1 Å². The van der Waals surface area contributed by atoms with Gasteiger partial charge in [0.25, 0.3) is 0 Å². The Morgan fingerprint density at radius 3 is 2.56 bits per heavy atom. The highest BCUT2D eigenvalue weighted by atomic mass is 32.2. The summed E-state index contributed by atoms with van der Waals surface area (Å²) >= 11 is 0. The fourth-order valence-electron chi connectivity index (χ4n) is 1.44. The van der Waals surface area contributed by atoms with Crippen LogP contribution in [0, 0.1) is 0 Å². The van der Waals surface area contributed by atoms with E-state index in [1.54, 1.807) is 6.07 Å². The molecule has 4 nitrogen and oxygen atoms in total. The zero-order chi connectivity index (χ0) is 12.0. The number of sulfone groups is 1. The number of hydrogen-bond acceptors (Lipinski definition) is 4. The van der Waals surface area contributed by atoms with Gasteiger partial charge in [-0.3, -0.25) is 0 Å². The molecule has 0 aromatic carbocycles. The van der Waals surface area contributed by atoms with Gasteiger partial charge in [-0.15, -0.1) is 0 Å². The van der Waals surface area contributed by atoms with Crippen molar-refractivity contribution in [3.63, 3.8) is 0 Å². The molecule has 0 aliphatic rings. The topological polar surface area (TPSA) is 59.3 Å². The minimum atomic E-state index is -3.01. The molecule has 1 heterocycles. The van der Waals surface area contributed by atoms with Gasteiger partial charge in [0.1, 0.15) is 17.3 Å². The smallest absolute Gasteiger partial charge is 0.157 e. The Bertz CT molecular complexity index is 409. The summed E-state index contributed by atoms with van der Waals surface area (Å²) in [6.07, 6.45) is 0.646. The monoisotopic (exact) mass is 245 g/mol. The molecule has 0 aliphatic carbocycles. The zero-order valence-electron chi connectivity index (χ0n) is 9.82. The van der Waals surface area contributed by atoms with E-state index in [9.17, 15) is 8.42 Å². The molecule has 0 spiro atoms. The molecule has 0 amide bonds. The highest BCUT2D eigenvalue weighted by Gasteiger charge is 2.13. The summed E-state index contributed by atoms with van der Waals surface area (Å²) in [5, 5.41) is 3.12. The summed E-state index contributed by atoms with van der Waals surface area (Å²) < 4.78 is 28.5. The van der Waals surface area contributed by atoms with Crippen molar-refractivity contribution in [3.8, 4) is 0 Å². The van der Waals surface area contributed by atoms with Crippen molar-refractivity contribution in [3.05, 3.63) is 23.7 Å². The Morgan fingerprint density at radius 1 is 1.25 bits per heavy atom. The van der Waals surface area contributed by atoms with Crippen molar-refractivity contribution in [2.45, 2.75) is 32.6 Å². The first-order valence-electron chi connectivity index (χ1n) is 5.56. The average molecular weight is 245 g/mol. The average Bonchev–Trinajstić information content (AvgIpc) is 2.61.